The van der Waals surface area contributed by atoms with Gasteiger partial charge >= 0.3 is 0 Å². The summed E-state index contributed by atoms with van der Waals surface area (Å²) in [5.41, 5.74) is 2.58. The van der Waals surface area contributed by atoms with Crippen LogP contribution in [-0.4, -0.2) is 12.1 Å². The molecule has 0 N–H and O–H groups in total. The Morgan fingerprint density at radius 2 is 1.70 bits per heavy atom. The van der Waals surface area contributed by atoms with Crippen molar-refractivity contribution in [3.05, 3.63) is 58.6 Å². The highest BCUT2D eigenvalue weighted by Gasteiger charge is 2.09. The molecular formula is C16H11Cl2NO. The first-order chi connectivity index (χ1) is 9.69. The van der Waals surface area contributed by atoms with Crippen molar-refractivity contribution in [2.24, 2.45) is 0 Å². The largest absolute Gasteiger partial charge is 0.497 e. The quantitative estimate of drug-likeness (QED) is 0.648. The van der Waals surface area contributed by atoms with Crippen LogP contribution in [0.4, 0.5) is 0 Å². The zero-order valence-electron chi connectivity index (χ0n) is 10.7. The van der Waals surface area contributed by atoms with Gasteiger partial charge in [-0.2, -0.15) is 0 Å². The minimum Gasteiger partial charge on any atom is -0.497 e. The average molecular weight is 304 g/mol. The van der Waals surface area contributed by atoms with Crippen LogP contribution in [0.3, 0.4) is 0 Å². The molecule has 0 fully saturated rings. The van der Waals surface area contributed by atoms with Crippen LogP contribution in [0.25, 0.3) is 22.2 Å². The number of benzene rings is 2. The van der Waals surface area contributed by atoms with Gasteiger partial charge in [0.15, 0.2) is 0 Å². The van der Waals surface area contributed by atoms with Crippen molar-refractivity contribution >= 4 is 34.1 Å². The smallest absolute Gasteiger partial charge is 0.118 e. The average Bonchev–Trinajstić information content (AvgIpc) is 2.47. The van der Waals surface area contributed by atoms with Gasteiger partial charge < -0.3 is 4.74 Å². The lowest BCUT2D eigenvalue weighted by molar-refractivity contribution is 0.415. The van der Waals surface area contributed by atoms with Gasteiger partial charge in [-0.25, -0.2) is 4.98 Å². The van der Waals surface area contributed by atoms with Crippen molar-refractivity contribution in [1.82, 2.24) is 4.98 Å². The van der Waals surface area contributed by atoms with Crippen LogP contribution in [0, 0.1) is 0 Å². The molecule has 0 spiro atoms. The molecule has 2 aromatic carbocycles. The summed E-state index contributed by atoms with van der Waals surface area (Å²) in [6, 6.07) is 15.1. The number of aromatic nitrogens is 1. The van der Waals surface area contributed by atoms with Gasteiger partial charge in [0.05, 0.1) is 28.4 Å². The van der Waals surface area contributed by atoms with Gasteiger partial charge in [-0.1, -0.05) is 29.3 Å². The van der Waals surface area contributed by atoms with Gasteiger partial charge in [-0.3, -0.25) is 0 Å². The van der Waals surface area contributed by atoms with Gasteiger partial charge in [0.1, 0.15) is 5.75 Å². The van der Waals surface area contributed by atoms with Gasteiger partial charge in [-0.05, 0) is 42.5 Å². The van der Waals surface area contributed by atoms with Gasteiger partial charge in [0.2, 0.25) is 0 Å². The minimum absolute atomic E-state index is 0.603. The van der Waals surface area contributed by atoms with E-state index in [1.807, 2.05) is 48.5 Å². The summed E-state index contributed by atoms with van der Waals surface area (Å²) in [5, 5.41) is 2.00. The van der Waals surface area contributed by atoms with Crippen molar-refractivity contribution < 1.29 is 4.74 Å². The topological polar surface area (TPSA) is 22.1 Å². The van der Waals surface area contributed by atoms with Crippen LogP contribution in [0.2, 0.25) is 10.0 Å². The van der Waals surface area contributed by atoms with E-state index in [1.165, 1.54) is 0 Å². The van der Waals surface area contributed by atoms with Gasteiger partial charge in [0, 0.05) is 10.9 Å². The summed E-state index contributed by atoms with van der Waals surface area (Å²) in [6.45, 7) is 0. The second-order valence-electron chi connectivity index (χ2n) is 4.35. The van der Waals surface area contributed by atoms with Gasteiger partial charge in [0.25, 0.3) is 0 Å². The van der Waals surface area contributed by atoms with E-state index in [4.69, 9.17) is 27.9 Å². The molecule has 2 nitrogen and oxygen atoms in total. The number of hydrogen-bond donors (Lipinski definition) is 0. The summed E-state index contributed by atoms with van der Waals surface area (Å²) in [4.78, 5) is 4.61. The molecule has 0 amide bonds. The molecule has 0 bridgehead atoms. The van der Waals surface area contributed by atoms with Crippen molar-refractivity contribution in [2.45, 2.75) is 0 Å². The molecule has 0 atom stereocenters. The monoisotopic (exact) mass is 303 g/mol. The second-order valence-corrected chi connectivity index (χ2v) is 5.17. The van der Waals surface area contributed by atoms with Crippen molar-refractivity contribution in [3.63, 3.8) is 0 Å². The van der Waals surface area contributed by atoms with Crippen molar-refractivity contribution in [2.75, 3.05) is 7.11 Å². The Morgan fingerprint density at radius 1 is 0.950 bits per heavy atom. The van der Waals surface area contributed by atoms with Crippen LogP contribution < -0.4 is 4.74 Å². The van der Waals surface area contributed by atoms with E-state index in [9.17, 15) is 0 Å². The highest BCUT2D eigenvalue weighted by molar-refractivity contribution is 6.42. The maximum Gasteiger partial charge on any atom is 0.118 e. The normalized spacial score (nSPS) is 10.8. The molecule has 3 rings (SSSR count). The maximum absolute atomic E-state index is 6.33. The number of nitrogens with zero attached hydrogens (tertiary/aromatic N) is 1. The third-order valence-electron chi connectivity index (χ3n) is 3.12. The number of methoxy groups -OCH3 is 1. The molecule has 0 aliphatic heterocycles. The van der Waals surface area contributed by atoms with E-state index in [2.05, 4.69) is 4.98 Å². The van der Waals surface area contributed by atoms with Crippen molar-refractivity contribution in [1.29, 1.82) is 0 Å². The van der Waals surface area contributed by atoms with E-state index in [0.717, 1.165) is 27.9 Å². The highest BCUT2D eigenvalue weighted by Crippen LogP contribution is 2.32. The van der Waals surface area contributed by atoms with Gasteiger partial charge in [-0.15, -0.1) is 0 Å². The highest BCUT2D eigenvalue weighted by atomic mass is 35.5. The van der Waals surface area contributed by atoms with E-state index in [0.29, 0.717) is 10.0 Å². The molecular weight excluding hydrogens is 293 g/mol. The predicted molar refractivity (Wildman–Crippen MR) is 83.8 cm³/mol. The summed E-state index contributed by atoms with van der Waals surface area (Å²) in [6.07, 6.45) is 0. The molecule has 1 heterocycles. The molecule has 0 unspecified atom stereocenters. The summed E-state index contributed by atoms with van der Waals surface area (Å²) >= 11 is 12.5. The van der Waals surface area contributed by atoms with Crippen LogP contribution in [0.15, 0.2) is 48.5 Å². The predicted octanol–water partition coefficient (Wildman–Crippen LogP) is 5.22. The molecule has 0 aliphatic rings. The zero-order chi connectivity index (χ0) is 14.1. The lowest BCUT2D eigenvalue weighted by Crippen LogP contribution is -1.88. The lowest BCUT2D eigenvalue weighted by Gasteiger charge is -2.07. The molecule has 0 aliphatic carbocycles. The molecule has 0 saturated heterocycles. The standard InChI is InChI=1S/C16H11Cl2NO/c1-20-11-7-5-10(6-8-11)15-9-13(18)16-12(17)3-2-4-14(16)19-15/h2-9H,1H3. The molecule has 3 aromatic rings. The second kappa shape index (κ2) is 5.31. The Labute approximate surface area is 126 Å². The van der Waals surface area contributed by atoms with Crippen LogP contribution in [-0.2, 0) is 0 Å². The third kappa shape index (κ3) is 2.33. The van der Waals surface area contributed by atoms with E-state index >= 15 is 0 Å². The Kier molecular flexibility index (Phi) is 3.51. The third-order valence-corrected chi connectivity index (χ3v) is 3.73. The molecule has 100 valence electrons. The minimum atomic E-state index is 0.603. The van der Waals surface area contributed by atoms with Crippen LogP contribution >= 0.6 is 23.2 Å². The van der Waals surface area contributed by atoms with Crippen LogP contribution in [0.5, 0.6) is 5.75 Å². The first-order valence-corrected chi connectivity index (χ1v) is 6.84. The van der Waals surface area contributed by atoms with E-state index in [1.54, 1.807) is 7.11 Å². The number of rotatable bonds is 2. The lowest BCUT2D eigenvalue weighted by atomic mass is 10.1. The number of pyridine rings is 1. The maximum atomic E-state index is 6.33. The number of halogens is 2. The van der Waals surface area contributed by atoms with E-state index in [-0.39, 0.29) is 0 Å². The molecule has 1 aromatic heterocycles. The number of ether oxygens (including phenoxy) is 1. The van der Waals surface area contributed by atoms with E-state index < -0.39 is 0 Å². The molecule has 20 heavy (non-hydrogen) atoms. The molecule has 0 radical (unpaired) electrons. The number of hydrogen-bond acceptors (Lipinski definition) is 2. The molecule has 4 heteroatoms. The Balaban J connectivity index is 2.17. The first-order valence-electron chi connectivity index (χ1n) is 6.08. The first kappa shape index (κ1) is 13.2. The summed E-state index contributed by atoms with van der Waals surface area (Å²) in [5.74, 6) is 0.809. The fourth-order valence-corrected chi connectivity index (χ4v) is 2.73. The summed E-state index contributed by atoms with van der Waals surface area (Å²) in [7, 11) is 1.64. The number of fused-ring (bicyclic) bond motifs is 1. The molecule has 0 saturated carbocycles. The Morgan fingerprint density at radius 3 is 2.40 bits per heavy atom. The SMILES string of the molecule is COc1ccc(-c2cc(Cl)c3c(Cl)cccc3n2)cc1. The Hall–Kier alpha value is -1.77. The van der Waals surface area contributed by atoms with Crippen molar-refractivity contribution in [3.8, 4) is 17.0 Å². The summed E-state index contributed by atoms with van der Waals surface area (Å²) < 4.78 is 5.15. The Bertz CT molecular complexity index is 769. The fourth-order valence-electron chi connectivity index (χ4n) is 2.11. The zero-order valence-corrected chi connectivity index (χ0v) is 12.2. The van der Waals surface area contributed by atoms with Crippen LogP contribution in [0.1, 0.15) is 0 Å². The fraction of sp³-hybridized carbons (Fsp3) is 0.0625.